The fourth-order valence-corrected chi connectivity index (χ4v) is 3.01. The van der Waals surface area contributed by atoms with Gasteiger partial charge in [0.05, 0.1) is 17.1 Å². The number of fused-ring (bicyclic) bond motifs is 1. The van der Waals surface area contributed by atoms with Crippen LogP contribution in [0.5, 0.6) is 0 Å². The number of carbonyl (C=O) groups is 1. The topological polar surface area (TPSA) is 71.8 Å². The van der Waals surface area contributed by atoms with Gasteiger partial charge in [0.25, 0.3) is 0 Å². The van der Waals surface area contributed by atoms with Crippen LogP contribution in [0, 0.1) is 0 Å². The minimum absolute atomic E-state index is 0.0271. The molecule has 0 bridgehead atoms. The largest absolute Gasteiger partial charge is 0.342 e. The summed E-state index contributed by atoms with van der Waals surface area (Å²) in [5, 5.41) is 0. The first kappa shape index (κ1) is 13.3. The van der Waals surface area contributed by atoms with E-state index in [4.69, 9.17) is 5.73 Å². The lowest BCUT2D eigenvalue weighted by atomic mass is 9.89. The molecule has 0 radical (unpaired) electrons. The summed E-state index contributed by atoms with van der Waals surface area (Å²) < 4.78 is 0. The van der Waals surface area contributed by atoms with Crippen molar-refractivity contribution in [3.8, 4) is 0 Å². The molecule has 1 heterocycles. The van der Waals surface area contributed by atoms with Gasteiger partial charge in [-0.2, -0.15) is 0 Å². The summed E-state index contributed by atoms with van der Waals surface area (Å²) in [7, 11) is 0. The summed E-state index contributed by atoms with van der Waals surface area (Å²) in [4.78, 5) is 20.0. The van der Waals surface area contributed by atoms with Crippen molar-refractivity contribution < 1.29 is 4.79 Å². The number of benzene rings is 1. The van der Waals surface area contributed by atoms with Crippen molar-refractivity contribution in [3.63, 3.8) is 0 Å². The van der Waals surface area contributed by atoms with Crippen LogP contribution in [0.1, 0.15) is 61.1 Å². The van der Waals surface area contributed by atoms with Crippen LogP contribution < -0.4 is 5.73 Å². The highest BCUT2D eigenvalue weighted by Gasteiger charge is 2.19. The standard InChI is InChI=1S/C16H21N3O/c1-10(17)15(20)12-7-8-13-14(9-12)19-16(18-13)11-5-3-2-4-6-11/h7-11H,2-6,17H2,1H3,(H,18,19). The molecule has 3 rings (SSSR count). The molecular formula is C16H21N3O. The van der Waals surface area contributed by atoms with Crippen LogP contribution in [-0.2, 0) is 0 Å². The number of carbonyl (C=O) groups excluding carboxylic acids is 1. The summed E-state index contributed by atoms with van der Waals surface area (Å²) >= 11 is 0. The molecule has 1 fully saturated rings. The SMILES string of the molecule is CC(N)C(=O)c1ccc2nc(C3CCCCC3)[nH]c2c1. The Morgan fingerprint density at radius 2 is 2.10 bits per heavy atom. The highest BCUT2D eigenvalue weighted by Crippen LogP contribution is 2.32. The second kappa shape index (κ2) is 5.37. The Balaban J connectivity index is 1.92. The number of hydrogen-bond donors (Lipinski definition) is 2. The van der Waals surface area contributed by atoms with E-state index in [0.29, 0.717) is 11.5 Å². The molecule has 4 heteroatoms. The maximum absolute atomic E-state index is 11.9. The lowest BCUT2D eigenvalue weighted by Crippen LogP contribution is -2.26. The molecule has 106 valence electrons. The highest BCUT2D eigenvalue weighted by atomic mass is 16.1. The van der Waals surface area contributed by atoms with Crippen molar-refractivity contribution in [2.45, 2.75) is 51.0 Å². The number of aromatic amines is 1. The fourth-order valence-electron chi connectivity index (χ4n) is 3.01. The Morgan fingerprint density at radius 1 is 1.35 bits per heavy atom. The third kappa shape index (κ3) is 2.48. The lowest BCUT2D eigenvalue weighted by Gasteiger charge is -2.18. The quantitative estimate of drug-likeness (QED) is 0.842. The number of nitrogens with zero attached hydrogens (tertiary/aromatic N) is 1. The number of nitrogens with one attached hydrogen (secondary N) is 1. The van der Waals surface area contributed by atoms with E-state index in [1.54, 1.807) is 6.92 Å². The molecular weight excluding hydrogens is 250 g/mol. The first-order chi connectivity index (χ1) is 9.65. The van der Waals surface area contributed by atoms with E-state index in [1.807, 2.05) is 18.2 Å². The average Bonchev–Trinajstić information content (AvgIpc) is 2.90. The molecule has 1 unspecified atom stereocenters. The third-order valence-corrected chi connectivity index (χ3v) is 4.19. The van der Waals surface area contributed by atoms with E-state index >= 15 is 0 Å². The Labute approximate surface area is 118 Å². The van der Waals surface area contributed by atoms with Crippen LogP contribution in [0.3, 0.4) is 0 Å². The number of rotatable bonds is 3. The second-order valence-electron chi connectivity index (χ2n) is 5.84. The van der Waals surface area contributed by atoms with Crippen molar-refractivity contribution in [3.05, 3.63) is 29.6 Å². The summed E-state index contributed by atoms with van der Waals surface area (Å²) in [6.07, 6.45) is 6.34. The summed E-state index contributed by atoms with van der Waals surface area (Å²) in [6.45, 7) is 1.72. The molecule has 3 N–H and O–H groups in total. The van der Waals surface area contributed by atoms with Crippen LogP contribution in [0.4, 0.5) is 0 Å². The smallest absolute Gasteiger partial charge is 0.179 e. The first-order valence-corrected chi connectivity index (χ1v) is 7.44. The molecule has 0 aliphatic heterocycles. The van der Waals surface area contributed by atoms with Gasteiger partial charge in [0, 0.05) is 11.5 Å². The fraction of sp³-hybridized carbons (Fsp3) is 0.500. The zero-order valence-electron chi connectivity index (χ0n) is 11.9. The number of Topliss-reactive ketones (excluding diaryl/α,β-unsaturated/α-hetero) is 1. The van der Waals surface area contributed by atoms with Gasteiger partial charge in [-0.15, -0.1) is 0 Å². The van der Waals surface area contributed by atoms with E-state index in [0.717, 1.165) is 16.9 Å². The molecule has 1 atom stereocenters. The van der Waals surface area contributed by atoms with Crippen LogP contribution in [-0.4, -0.2) is 21.8 Å². The first-order valence-electron chi connectivity index (χ1n) is 7.44. The van der Waals surface area contributed by atoms with Gasteiger partial charge in [-0.25, -0.2) is 4.98 Å². The zero-order chi connectivity index (χ0) is 14.1. The van der Waals surface area contributed by atoms with E-state index in [9.17, 15) is 4.79 Å². The van der Waals surface area contributed by atoms with Gasteiger partial charge in [0.2, 0.25) is 0 Å². The number of imidazole rings is 1. The monoisotopic (exact) mass is 271 g/mol. The molecule has 1 aromatic heterocycles. The van der Waals surface area contributed by atoms with Gasteiger partial charge >= 0.3 is 0 Å². The molecule has 4 nitrogen and oxygen atoms in total. The van der Waals surface area contributed by atoms with Gasteiger partial charge in [0.1, 0.15) is 5.82 Å². The molecule has 1 aromatic carbocycles. The summed E-state index contributed by atoms with van der Waals surface area (Å²) in [5.41, 5.74) is 8.20. The van der Waals surface area contributed by atoms with E-state index in [1.165, 1.54) is 32.1 Å². The number of nitrogens with two attached hydrogens (primary N) is 1. The predicted octanol–water partition coefficient (Wildman–Crippen LogP) is 3.14. The minimum Gasteiger partial charge on any atom is -0.342 e. The lowest BCUT2D eigenvalue weighted by molar-refractivity contribution is 0.0968. The summed E-state index contributed by atoms with van der Waals surface area (Å²) in [5.74, 6) is 1.59. The number of hydrogen-bond acceptors (Lipinski definition) is 3. The normalized spacial score (nSPS) is 18.3. The van der Waals surface area contributed by atoms with Crippen LogP contribution >= 0.6 is 0 Å². The third-order valence-electron chi connectivity index (χ3n) is 4.19. The molecule has 2 aromatic rings. The van der Waals surface area contributed by atoms with Crippen LogP contribution in [0.15, 0.2) is 18.2 Å². The molecule has 0 saturated heterocycles. The number of ketones is 1. The van der Waals surface area contributed by atoms with Crippen LogP contribution in [0.25, 0.3) is 11.0 Å². The zero-order valence-corrected chi connectivity index (χ0v) is 11.9. The van der Waals surface area contributed by atoms with Gasteiger partial charge < -0.3 is 10.7 Å². The van der Waals surface area contributed by atoms with E-state index < -0.39 is 6.04 Å². The van der Waals surface area contributed by atoms with Crippen molar-refractivity contribution in [2.24, 2.45) is 5.73 Å². The Kier molecular flexibility index (Phi) is 3.57. The van der Waals surface area contributed by atoms with Gasteiger partial charge in [0.15, 0.2) is 5.78 Å². The van der Waals surface area contributed by atoms with E-state index in [-0.39, 0.29) is 5.78 Å². The maximum atomic E-state index is 11.9. The minimum atomic E-state index is -0.465. The van der Waals surface area contributed by atoms with Crippen molar-refractivity contribution >= 4 is 16.8 Å². The predicted molar refractivity (Wildman–Crippen MR) is 79.9 cm³/mol. The molecule has 0 amide bonds. The average molecular weight is 271 g/mol. The molecule has 0 spiro atoms. The van der Waals surface area contributed by atoms with Gasteiger partial charge in [-0.3, -0.25) is 4.79 Å². The second-order valence-corrected chi connectivity index (χ2v) is 5.84. The Morgan fingerprint density at radius 3 is 2.80 bits per heavy atom. The van der Waals surface area contributed by atoms with Crippen molar-refractivity contribution in [2.75, 3.05) is 0 Å². The number of H-pyrrole nitrogens is 1. The van der Waals surface area contributed by atoms with Crippen LogP contribution in [0.2, 0.25) is 0 Å². The van der Waals surface area contributed by atoms with Gasteiger partial charge in [-0.1, -0.05) is 19.3 Å². The highest BCUT2D eigenvalue weighted by molar-refractivity contribution is 6.01. The van der Waals surface area contributed by atoms with E-state index in [2.05, 4.69) is 9.97 Å². The Hall–Kier alpha value is -1.68. The molecule has 1 aliphatic carbocycles. The van der Waals surface area contributed by atoms with Gasteiger partial charge in [-0.05, 0) is 38.0 Å². The summed E-state index contributed by atoms with van der Waals surface area (Å²) in [6, 6.07) is 5.14. The number of aromatic nitrogens is 2. The maximum Gasteiger partial charge on any atom is 0.179 e. The molecule has 1 aliphatic rings. The molecule has 1 saturated carbocycles. The van der Waals surface area contributed by atoms with Crippen molar-refractivity contribution in [1.82, 2.24) is 9.97 Å². The Bertz CT molecular complexity index is 624. The molecule has 20 heavy (non-hydrogen) atoms. The van der Waals surface area contributed by atoms with Crippen molar-refractivity contribution in [1.29, 1.82) is 0 Å².